The fraction of sp³-hybridized carbons (Fsp3) is 0.583. The molecule has 0 saturated carbocycles. The monoisotopic (exact) mass is 283 g/mol. The molecular weight excluding hydrogens is 266 g/mol. The Morgan fingerprint density at radius 1 is 1.62 bits per heavy atom. The summed E-state index contributed by atoms with van der Waals surface area (Å²) in [6.07, 6.45) is 7.13. The molecular formula is C12H18BrN3. The molecule has 0 radical (unpaired) electrons. The second-order valence-corrected chi connectivity index (χ2v) is 4.66. The first kappa shape index (κ1) is 13.3. The second-order valence-electron chi connectivity index (χ2n) is 3.86. The molecule has 1 rings (SSSR count). The molecule has 0 amide bonds. The number of halogens is 1. The van der Waals surface area contributed by atoms with Gasteiger partial charge < -0.3 is 5.32 Å². The van der Waals surface area contributed by atoms with E-state index in [1.807, 2.05) is 18.7 Å². The summed E-state index contributed by atoms with van der Waals surface area (Å²) >= 11 is 3.55. The van der Waals surface area contributed by atoms with E-state index < -0.39 is 0 Å². The maximum absolute atomic E-state index is 5.32. The van der Waals surface area contributed by atoms with E-state index in [2.05, 4.69) is 39.2 Å². The van der Waals surface area contributed by atoms with Gasteiger partial charge in [-0.2, -0.15) is 5.10 Å². The van der Waals surface area contributed by atoms with Crippen molar-refractivity contribution < 1.29 is 0 Å². The largest absolute Gasteiger partial charge is 0.307 e. The minimum Gasteiger partial charge on any atom is -0.307 e. The number of rotatable bonds is 5. The molecule has 0 bridgehead atoms. The van der Waals surface area contributed by atoms with Crippen molar-refractivity contribution >= 4 is 15.9 Å². The van der Waals surface area contributed by atoms with Gasteiger partial charge in [0.2, 0.25) is 0 Å². The standard InChI is InChI=1S/C12H18BrN3/c1-5-7-10(6-2)14-8-11-12(13)9(3)15-16(11)4/h1,10,14H,6-8H2,2-4H3. The average Bonchev–Trinajstić information content (AvgIpc) is 2.49. The highest BCUT2D eigenvalue weighted by atomic mass is 79.9. The van der Waals surface area contributed by atoms with E-state index in [9.17, 15) is 0 Å². The first-order chi connectivity index (χ1) is 7.60. The highest BCUT2D eigenvalue weighted by Gasteiger charge is 2.11. The smallest absolute Gasteiger partial charge is 0.0739 e. The van der Waals surface area contributed by atoms with Crippen LogP contribution in [0.25, 0.3) is 0 Å². The van der Waals surface area contributed by atoms with Gasteiger partial charge in [0, 0.05) is 26.1 Å². The Morgan fingerprint density at radius 3 is 2.75 bits per heavy atom. The minimum absolute atomic E-state index is 0.382. The van der Waals surface area contributed by atoms with Crippen LogP contribution in [0.2, 0.25) is 0 Å². The van der Waals surface area contributed by atoms with Crippen molar-refractivity contribution in [3.63, 3.8) is 0 Å². The predicted molar refractivity (Wildman–Crippen MR) is 70.0 cm³/mol. The van der Waals surface area contributed by atoms with Crippen LogP contribution in [0.5, 0.6) is 0 Å². The zero-order valence-electron chi connectivity index (χ0n) is 10.0. The number of hydrogen-bond donors (Lipinski definition) is 1. The van der Waals surface area contributed by atoms with Gasteiger partial charge in [-0.25, -0.2) is 0 Å². The number of aryl methyl sites for hydroxylation is 2. The number of nitrogens with zero attached hydrogens (tertiary/aromatic N) is 2. The van der Waals surface area contributed by atoms with Crippen molar-refractivity contribution in [2.45, 2.75) is 39.3 Å². The predicted octanol–water partition coefficient (Wildman–Crippen LogP) is 2.38. The van der Waals surface area contributed by atoms with Gasteiger partial charge in [-0.05, 0) is 29.3 Å². The van der Waals surface area contributed by atoms with Crippen LogP contribution in [0.4, 0.5) is 0 Å². The molecule has 1 heterocycles. The molecule has 16 heavy (non-hydrogen) atoms. The lowest BCUT2D eigenvalue weighted by molar-refractivity contribution is 0.492. The van der Waals surface area contributed by atoms with Crippen LogP contribution in [-0.2, 0) is 13.6 Å². The maximum atomic E-state index is 5.32. The van der Waals surface area contributed by atoms with Crippen LogP contribution >= 0.6 is 15.9 Å². The Labute approximate surface area is 106 Å². The van der Waals surface area contributed by atoms with Crippen molar-refractivity contribution in [1.29, 1.82) is 0 Å². The van der Waals surface area contributed by atoms with Crippen LogP contribution in [0.15, 0.2) is 4.47 Å². The van der Waals surface area contributed by atoms with Crippen LogP contribution in [0, 0.1) is 19.3 Å². The lowest BCUT2D eigenvalue weighted by Gasteiger charge is -2.14. The lowest BCUT2D eigenvalue weighted by Crippen LogP contribution is -2.28. The fourth-order valence-corrected chi connectivity index (χ4v) is 2.09. The molecule has 0 fully saturated rings. The summed E-state index contributed by atoms with van der Waals surface area (Å²) in [5, 5.41) is 7.80. The van der Waals surface area contributed by atoms with Crippen molar-refractivity contribution in [3.8, 4) is 12.3 Å². The van der Waals surface area contributed by atoms with E-state index in [-0.39, 0.29) is 0 Å². The third kappa shape index (κ3) is 3.10. The summed E-state index contributed by atoms with van der Waals surface area (Å²) in [5.74, 6) is 2.69. The van der Waals surface area contributed by atoms with Gasteiger partial charge in [0.15, 0.2) is 0 Å². The van der Waals surface area contributed by atoms with Crippen LogP contribution in [0.3, 0.4) is 0 Å². The topological polar surface area (TPSA) is 29.9 Å². The molecule has 1 aromatic heterocycles. The van der Waals surface area contributed by atoms with E-state index >= 15 is 0 Å². The van der Waals surface area contributed by atoms with Crippen LogP contribution in [-0.4, -0.2) is 15.8 Å². The lowest BCUT2D eigenvalue weighted by atomic mass is 10.1. The van der Waals surface area contributed by atoms with Crippen LogP contribution < -0.4 is 5.32 Å². The average molecular weight is 284 g/mol. The fourth-order valence-electron chi connectivity index (χ4n) is 1.62. The van der Waals surface area contributed by atoms with Gasteiger partial charge in [-0.15, -0.1) is 12.3 Å². The van der Waals surface area contributed by atoms with E-state index in [0.29, 0.717) is 6.04 Å². The van der Waals surface area contributed by atoms with Crippen molar-refractivity contribution in [2.75, 3.05) is 0 Å². The number of hydrogen-bond acceptors (Lipinski definition) is 2. The molecule has 0 aliphatic carbocycles. The van der Waals surface area contributed by atoms with Gasteiger partial charge in [-0.3, -0.25) is 4.68 Å². The van der Waals surface area contributed by atoms with Gasteiger partial charge in [0.05, 0.1) is 15.9 Å². The van der Waals surface area contributed by atoms with Crippen molar-refractivity contribution in [3.05, 3.63) is 15.9 Å². The SMILES string of the molecule is C#CCC(CC)NCc1c(Br)c(C)nn1C. The van der Waals surface area contributed by atoms with E-state index in [0.717, 1.165) is 35.2 Å². The molecule has 0 aliphatic heterocycles. The molecule has 1 atom stereocenters. The molecule has 4 heteroatoms. The highest BCUT2D eigenvalue weighted by Crippen LogP contribution is 2.20. The third-order valence-electron chi connectivity index (χ3n) is 2.68. The number of aromatic nitrogens is 2. The molecule has 0 spiro atoms. The second kappa shape index (κ2) is 6.07. The van der Waals surface area contributed by atoms with E-state index in [1.54, 1.807) is 0 Å². The Hall–Kier alpha value is -0.790. The first-order valence-electron chi connectivity index (χ1n) is 5.45. The molecule has 0 aromatic carbocycles. The van der Waals surface area contributed by atoms with Gasteiger partial charge in [0.25, 0.3) is 0 Å². The van der Waals surface area contributed by atoms with Gasteiger partial charge in [-0.1, -0.05) is 6.92 Å². The van der Waals surface area contributed by atoms with E-state index in [1.165, 1.54) is 0 Å². The molecule has 1 unspecified atom stereocenters. The molecule has 0 saturated heterocycles. The molecule has 0 aliphatic rings. The zero-order valence-corrected chi connectivity index (χ0v) is 11.6. The Kier molecular flexibility index (Phi) is 5.04. The first-order valence-corrected chi connectivity index (χ1v) is 6.24. The minimum atomic E-state index is 0.382. The van der Waals surface area contributed by atoms with Crippen molar-refractivity contribution in [1.82, 2.24) is 15.1 Å². The summed E-state index contributed by atoms with van der Waals surface area (Å²) in [5.41, 5.74) is 2.18. The highest BCUT2D eigenvalue weighted by molar-refractivity contribution is 9.10. The molecule has 3 nitrogen and oxygen atoms in total. The Balaban J connectivity index is 2.64. The maximum Gasteiger partial charge on any atom is 0.0739 e. The molecule has 88 valence electrons. The zero-order chi connectivity index (χ0) is 12.1. The summed E-state index contributed by atoms with van der Waals surface area (Å²) in [7, 11) is 1.96. The van der Waals surface area contributed by atoms with Gasteiger partial charge in [0.1, 0.15) is 0 Å². The number of terminal acetylenes is 1. The van der Waals surface area contributed by atoms with E-state index in [4.69, 9.17) is 6.42 Å². The van der Waals surface area contributed by atoms with Crippen molar-refractivity contribution in [2.24, 2.45) is 7.05 Å². The summed E-state index contributed by atoms with van der Waals surface area (Å²) < 4.78 is 2.98. The Morgan fingerprint density at radius 2 is 2.31 bits per heavy atom. The Bertz CT molecular complexity index is 390. The summed E-state index contributed by atoms with van der Waals surface area (Å²) in [6, 6.07) is 0.382. The quantitative estimate of drug-likeness (QED) is 0.841. The summed E-state index contributed by atoms with van der Waals surface area (Å²) in [4.78, 5) is 0. The van der Waals surface area contributed by atoms with Crippen LogP contribution in [0.1, 0.15) is 31.2 Å². The van der Waals surface area contributed by atoms with Gasteiger partial charge >= 0.3 is 0 Å². The molecule has 1 N–H and O–H groups in total. The normalized spacial score (nSPS) is 12.4. The third-order valence-corrected chi connectivity index (χ3v) is 3.71. The number of nitrogens with one attached hydrogen (secondary N) is 1. The summed E-state index contributed by atoms with van der Waals surface area (Å²) in [6.45, 7) is 4.92. The molecule has 1 aromatic rings.